The lowest BCUT2D eigenvalue weighted by Crippen LogP contribution is -1.92. The zero-order valence-corrected chi connectivity index (χ0v) is 18.3. The third-order valence-electron chi connectivity index (χ3n) is 5.10. The minimum atomic E-state index is 0.440. The molecule has 2 heterocycles. The number of nitrogens with zero attached hydrogens (tertiary/aromatic N) is 1. The summed E-state index contributed by atoms with van der Waals surface area (Å²) in [6.07, 6.45) is 0. The first kappa shape index (κ1) is 20.0. The van der Waals surface area contributed by atoms with Crippen molar-refractivity contribution in [2.24, 2.45) is 0 Å². The molecule has 2 aromatic heterocycles. The Bertz CT molecular complexity index is 1410. The summed E-state index contributed by atoms with van der Waals surface area (Å²) in [5.74, 6) is 0.588. The van der Waals surface area contributed by atoms with E-state index in [1.807, 2.05) is 66.7 Å². The lowest BCUT2D eigenvalue weighted by Gasteiger charge is -2.11. The van der Waals surface area contributed by atoms with Crippen LogP contribution < -0.4 is 5.73 Å². The summed E-state index contributed by atoms with van der Waals surface area (Å²) in [6, 6.07) is 24.6. The summed E-state index contributed by atoms with van der Waals surface area (Å²) in [5.41, 5.74) is 11.6. The number of nitrogens with two attached hydrogens (primary N) is 1. The normalized spacial score (nSPS) is 11.2. The highest BCUT2D eigenvalue weighted by Gasteiger charge is 2.20. The molecule has 0 saturated heterocycles. The van der Waals surface area contributed by atoms with E-state index < -0.39 is 0 Å². The first-order chi connectivity index (χ1) is 15.0. The van der Waals surface area contributed by atoms with E-state index in [-0.39, 0.29) is 0 Å². The highest BCUT2D eigenvalue weighted by Crippen LogP contribution is 2.42. The van der Waals surface area contributed by atoms with Crippen molar-refractivity contribution >= 4 is 51.6 Å². The molecule has 6 heteroatoms. The van der Waals surface area contributed by atoms with Gasteiger partial charge in [-0.2, -0.15) is 0 Å². The molecule has 0 unspecified atom stereocenters. The van der Waals surface area contributed by atoms with Crippen molar-refractivity contribution in [3.05, 3.63) is 93.9 Å². The van der Waals surface area contributed by atoms with Crippen LogP contribution in [-0.2, 0) is 0 Å². The van der Waals surface area contributed by atoms with Gasteiger partial charge in [-0.1, -0.05) is 77.3 Å². The number of fused-ring (bicyclic) bond motifs is 1. The first-order valence-corrected chi connectivity index (χ1v) is 10.6. The predicted octanol–water partition coefficient (Wildman–Crippen LogP) is 8.37. The SMILES string of the molecule is Nc1c(-c2ccccc2)oc2nc(-c3ccc(Cl)cc3Cl)c(-c3ccc(Cl)cc3)cc12. The second-order valence-electron chi connectivity index (χ2n) is 7.08. The van der Waals surface area contributed by atoms with Crippen LogP contribution in [0.25, 0.3) is 44.8 Å². The largest absolute Gasteiger partial charge is 0.435 e. The Balaban J connectivity index is 1.81. The number of rotatable bonds is 3. The van der Waals surface area contributed by atoms with Crippen molar-refractivity contribution < 1.29 is 4.42 Å². The number of nitrogen functional groups attached to an aromatic ring is 1. The molecule has 31 heavy (non-hydrogen) atoms. The van der Waals surface area contributed by atoms with Crippen LogP contribution in [0.2, 0.25) is 15.1 Å². The molecule has 0 amide bonds. The number of pyridine rings is 1. The average molecular weight is 466 g/mol. The maximum absolute atomic E-state index is 6.53. The molecule has 3 aromatic carbocycles. The van der Waals surface area contributed by atoms with Gasteiger partial charge >= 0.3 is 0 Å². The predicted molar refractivity (Wildman–Crippen MR) is 130 cm³/mol. The number of halogens is 3. The molecule has 0 aliphatic carbocycles. The number of hydrogen-bond donors (Lipinski definition) is 1. The van der Waals surface area contributed by atoms with Crippen LogP contribution >= 0.6 is 34.8 Å². The van der Waals surface area contributed by atoms with E-state index >= 15 is 0 Å². The van der Waals surface area contributed by atoms with Gasteiger partial charge < -0.3 is 10.2 Å². The van der Waals surface area contributed by atoms with E-state index in [2.05, 4.69) is 0 Å². The Labute approximate surface area is 194 Å². The Morgan fingerprint density at radius 1 is 0.710 bits per heavy atom. The molecule has 0 radical (unpaired) electrons. The molecular weight excluding hydrogens is 451 g/mol. The molecule has 0 atom stereocenters. The number of anilines is 1. The standard InChI is InChI=1S/C25H15Cl3N2O/c26-16-8-6-14(7-9-16)19-13-20-22(29)24(15-4-2-1-3-5-15)31-25(20)30-23(19)18-11-10-17(27)12-21(18)28/h1-13H,29H2. The molecule has 5 aromatic rings. The van der Waals surface area contributed by atoms with Crippen molar-refractivity contribution in [3.63, 3.8) is 0 Å². The van der Waals surface area contributed by atoms with Gasteiger partial charge in [0.05, 0.1) is 21.8 Å². The summed E-state index contributed by atoms with van der Waals surface area (Å²) in [6.45, 7) is 0. The minimum Gasteiger partial charge on any atom is -0.435 e. The maximum atomic E-state index is 6.53. The van der Waals surface area contributed by atoms with E-state index in [1.54, 1.807) is 12.1 Å². The molecule has 0 aliphatic heterocycles. The number of furan rings is 1. The molecule has 0 spiro atoms. The van der Waals surface area contributed by atoms with Crippen molar-refractivity contribution in [3.8, 4) is 33.7 Å². The molecule has 0 fully saturated rings. The average Bonchev–Trinajstić information content (AvgIpc) is 3.10. The Morgan fingerprint density at radius 3 is 2.13 bits per heavy atom. The van der Waals surface area contributed by atoms with Gasteiger partial charge in [0.2, 0.25) is 5.71 Å². The van der Waals surface area contributed by atoms with Crippen LogP contribution in [-0.4, -0.2) is 4.98 Å². The Hall–Kier alpha value is -2.98. The highest BCUT2D eigenvalue weighted by atomic mass is 35.5. The van der Waals surface area contributed by atoms with E-state index in [9.17, 15) is 0 Å². The zero-order chi connectivity index (χ0) is 21.5. The third kappa shape index (κ3) is 3.66. The summed E-state index contributed by atoms with van der Waals surface area (Å²) < 4.78 is 6.09. The van der Waals surface area contributed by atoms with Crippen LogP contribution in [0.15, 0.2) is 83.3 Å². The topological polar surface area (TPSA) is 52.0 Å². The van der Waals surface area contributed by atoms with Gasteiger partial charge in [-0.05, 0) is 42.0 Å². The van der Waals surface area contributed by atoms with Gasteiger partial charge in [-0.3, -0.25) is 0 Å². The van der Waals surface area contributed by atoms with Gasteiger partial charge in [-0.25, -0.2) is 4.98 Å². The molecule has 3 nitrogen and oxygen atoms in total. The van der Waals surface area contributed by atoms with E-state index in [4.69, 9.17) is 49.9 Å². The fraction of sp³-hybridized carbons (Fsp3) is 0. The number of benzene rings is 3. The van der Waals surface area contributed by atoms with Gasteiger partial charge in [0.15, 0.2) is 5.76 Å². The van der Waals surface area contributed by atoms with Gasteiger partial charge in [-0.15, -0.1) is 0 Å². The van der Waals surface area contributed by atoms with Crippen molar-refractivity contribution in [1.82, 2.24) is 4.98 Å². The molecule has 5 rings (SSSR count). The van der Waals surface area contributed by atoms with E-state index in [1.165, 1.54) is 0 Å². The van der Waals surface area contributed by atoms with Crippen molar-refractivity contribution in [2.45, 2.75) is 0 Å². The monoisotopic (exact) mass is 464 g/mol. The van der Waals surface area contributed by atoms with Crippen LogP contribution in [0.4, 0.5) is 5.69 Å². The fourth-order valence-corrected chi connectivity index (χ4v) is 4.21. The molecule has 0 saturated carbocycles. The minimum absolute atomic E-state index is 0.440. The second kappa shape index (κ2) is 7.93. The second-order valence-corrected chi connectivity index (χ2v) is 8.36. The lowest BCUT2D eigenvalue weighted by molar-refractivity contribution is 0.620. The quantitative estimate of drug-likeness (QED) is 0.291. The Kier molecular flexibility index (Phi) is 5.11. The van der Waals surface area contributed by atoms with Gasteiger partial charge in [0.25, 0.3) is 0 Å². The molecule has 0 aliphatic rings. The fourth-order valence-electron chi connectivity index (χ4n) is 3.58. The summed E-state index contributed by atoms with van der Waals surface area (Å²) in [4.78, 5) is 4.83. The van der Waals surface area contributed by atoms with Crippen LogP contribution in [0.1, 0.15) is 0 Å². The molecular formula is C25H15Cl3N2O. The van der Waals surface area contributed by atoms with Gasteiger partial charge in [0.1, 0.15) is 0 Å². The third-order valence-corrected chi connectivity index (χ3v) is 5.90. The summed E-state index contributed by atoms with van der Waals surface area (Å²) in [7, 11) is 0. The zero-order valence-electron chi connectivity index (χ0n) is 16.1. The molecule has 0 bridgehead atoms. The number of aromatic nitrogens is 1. The first-order valence-electron chi connectivity index (χ1n) is 9.51. The van der Waals surface area contributed by atoms with Crippen molar-refractivity contribution in [2.75, 3.05) is 5.73 Å². The lowest BCUT2D eigenvalue weighted by atomic mass is 9.98. The summed E-state index contributed by atoms with van der Waals surface area (Å²) in [5, 5.41) is 2.43. The van der Waals surface area contributed by atoms with E-state index in [0.717, 1.165) is 27.6 Å². The van der Waals surface area contributed by atoms with Crippen LogP contribution in [0.3, 0.4) is 0 Å². The highest BCUT2D eigenvalue weighted by molar-refractivity contribution is 6.36. The maximum Gasteiger partial charge on any atom is 0.229 e. The van der Waals surface area contributed by atoms with Crippen LogP contribution in [0, 0.1) is 0 Å². The van der Waals surface area contributed by atoms with Gasteiger partial charge in [0, 0.05) is 26.7 Å². The molecule has 2 N–H and O–H groups in total. The molecule has 152 valence electrons. The van der Waals surface area contributed by atoms with Crippen molar-refractivity contribution in [1.29, 1.82) is 0 Å². The Morgan fingerprint density at radius 2 is 1.42 bits per heavy atom. The summed E-state index contributed by atoms with van der Waals surface area (Å²) >= 11 is 18.7. The number of hydrogen-bond acceptors (Lipinski definition) is 3. The van der Waals surface area contributed by atoms with Crippen LogP contribution in [0.5, 0.6) is 0 Å². The van der Waals surface area contributed by atoms with E-state index in [0.29, 0.717) is 37.9 Å². The smallest absolute Gasteiger partial charge is 0.229 e.